The third-order valence-corrected chi connectivity index (χ3v) is 4.87. The molecule has 0 radical (unpaired) electrons. The average Bonchev–Trinajstić information content (AvgIpc) is 3.25. The lowest BCUT2D eigenvalue weighted by Crippen LogP contribution is -2.35. The van der Waals surface area contributed by atoms with Gasteiger partial charge < -0.3 is 24.8 Å². The molecule has 32 heavy (non-hydrogen) atoms. The number of para-hydroxylation sites is 1. The molecule has 2 aromatic carbocycles. The third kappa shape index (κ3) is 4.97. The van der Waals surface area contributed by atoms with Gasteiger partial charge in [0, 0.05) is 30.1 Å². The molecule has 10 heteroatoms. The summed E-state index contributed by atoms with van der Waals surface area (Å²) in [4.78, 5) is 25.0. The second kappa shape index (κ2) is 9.82. The number of hydrogen-bond donors (Lipinski definition) is 3. The minimum absolute atomic E-state index is 0.141. The Labute approximate surface area is 185 Å². The molecule has 2 amide bonds. The number of amidine groups is 1. The van der Waals surface area contributed by atoms with Crippen LogP contribution >= 0.6 is 0 Å². The van der Waals surface area contributed by atoms with Gasteiger partial charge in [-0.05, 0) is 18.2 Å². The van der Waals surface area contributed by atoms with Gasteiger partial charge >= 0.3 is 6.03 Å². The summed E-state index contributed by atoms with van der Waals surface area (Å²) in [6, 6.07) is 12.6. The molecule has 1 aromatic heterocycles. The minimum atomic E-state index is -0.398. The maximum atomic E-state index is 12.1. The van der Waals surface area contributed by atoms with Crippen molar-refractivity contribution in [2.24, 2.45) is 4.99 Å². The number of hydrogen-bond acceptors (Lipinski definition) is 8. The first-order valence-electron chi connectivity index (χ1n) is 10.1. The van der Waals surface area contributed by atoms with E-state index in [1.54, 1.807) is 26.4 Å². The van der Waals surface area contributed by atoms with Gasteiger partial charge in [0.1, 0.15) is 18.2 Å². The van der Waals surface area contributed by atoms with Crippen LogP contribution in [0.15, 0.2) is 53.8 Å². The Morgan fingerprint density at radius 3 is 2.66 bits per heavy atom. The molecule has 3 N–H and O–H groups in total. The van der Waals surface area contributed by atoms with Crippen LogP contribution in [0.3, 0.4) is 0 Å². The number of urea groups is 1. The molecule has 0 saturated carbocycles. The van der Waals surface area contributed by atoms with Crippen molar-refractivity contribution in [3.63, 3.8) is 0 Å². The van der Waals surface area contributed by atoms with Crippen LogP contribution in [0.25, 0.3) is 10.9 Å². The Morgan fingerprint density at radius 1 is 1.09 bits per heavy atom. The summed E-state index contributed by atoms with van der Waals surface area (Å²) in [5.41, 5.74) is 1.44. The van der Waals surface area contributed by atoms with Crippen LogP contribution in [0.2, 0.25) is 0 Å². The van der Waals surface area contributed by atoms with Gasteiger partial charge in [-0.1, -0.05) is 18.2 Å². The van der Waals surface area contributed by atoms with Gasteiger partial charge in [0.2, 0.25) is 0 Å². The SMILES string of the molecule is COc1cc2ncnc(NCCC3CN=C(NC(=O)Nc4ccccc4)O3)c2cc1OC. The maximum absolute atomic E-state index is 12.1. The molecule has 0 aliphatic carbocycles. The zero-order valence-electron chi connectivity index (χ0n) is 17.8. The largest absolute Gasteiger partial charge is 0.493 e. The lowest BCUT2D eigenvalue weighted by atomic mass is 10.2. The highest BCUT2D eigenvalue weighted by Gasteiger charge is 2.21. The summed E-state index contributed by atoms with van der Waals surface area (Å²) in [5.74, 6) is 1.91. The Balaban J connectivity index is 1.28. The van der Waals surface area contributed by atoms with Crippen molar-refractivity contribution in [3.8, 4) is 11.5 Å². The number of aromatic nitrogens is 2. The highest BCUT2D eigenvalue weighted by Crippen LogP contribution is 2.33. The van der Waals surface area contributed by atoms with Gasteiger partial charge in [0.25, 0.3) is 6.02 Å². The molecule has 4 rings (SSSR count). The summed E-state index contributed by atoms with van der Waals surface area (Å²) in [7, 11) is 3.17. The lowest BCUT2D eigenvalue weighted by molar-refractivity contribution is 0.207. The third-order valence-electron chi connectivity index (χ3n) is 4.87. The fourth-order valence-corrected chi connectivity index (χ4v) is 3.29. The Morgan fingerprint density at radius 2 is 1.88 bits per heavy atom. The van der Waals surface area contributed by atoms with Crippen LogP contribution in [-0.2, 0) is 4.74 Å². The molecule has 0 spiro atoms. The number of nitrogens with zero attached hydrogens (tertiary/aromatic N) is 3. The number of methoxy groups -OCH3 is 2. The minimum Gasteiger partial charge on any atom is -0.493 e. The lowest BCUT2D eigenvalue weighted by Gasteiger charge is -2.14. The molecule has 1 atom stereocenters. The predicted molar refractivity (Wildman–Crippen MR) is 122 cm³/mol. The second-order valence-electron chi connectivity index (χ2n) is 6.99. The number of amides is 2. The first-order chi connectivity index (χ1) is 15.7. The van der Waals surface area contributed by atoms with E-state index in [4.69, 9.17) is 14.2 Å². The van der Waals surface area contributed by atoms with Crippen molar-refractivity contribution in [2.45, 2.75) is 12.5 Å². The smallest absolute Gasteiger partial charge is 0.327 e. The molecule has 0 fully saturated rings. The molecule has 1 aliphatic heterocycles. The van der Waals surface area contributed by atoms with Gasteiger partial charge in [0.05, 0.1) is 26.3 Å². The van der Waals surface area contributed by atoms with Crippen molar-refractivity contribution >= 4 is 34.5 Å². The van der Waals surface area contributed by atoms with Crippen molar-refractivity contribution in [3.05, 3.63) is 48.8 Å². The van der Waals surface area contributed by atoms with Crippen LogP contribution in [-0.4, -0.2) is 55.4 Å². The van der Waals surface area contributed by atoms with Crippen molar-refractivity contribution in [1.82, 2.24) is 15.3 Å². The maximum Gasteiger partial charge on any atom is 0.327 e. The zero-order chi connectivity index (χ0) is 22.3. The van der Waals surface area contributed by atoms with Gasteiger partial charge in [-0.25, -0.2) is 19.8 Å². The fraction of sp³-hybridized carbons (Fsp3) is 0.273. The van der Waals surface area contributed by atoms with E-state index in [9.17, 15) is 4.79 Å². The topological polar surface area (TPSA) is 119 Å². The molecule has 3 aromatic rings. The van der Waals surface area contributed by atoms with E-state index in [0.717, 1.165) is 10.9 Å². The van der Waals surface area contributed by atoms with E-state index in [2.05, 4.69) is 30.9 Å². The first-order valence-corrected chi connectivity index (χ1v) is 10.1. The normalized spacial score (nSPS) is 14.9. The number of ether oxygens (including phenoxy) is 3. The van der Waals surface area contributed by atoms with Gasteiger partial charge in [-0.2, -0.15) is 0 Å². The Hall–Kier alpha value is -4.08. The van der Waals surface area contributed by atoms with Crippen LogP contribution in [0.5, 0.6) is 11.5 Å². The number of anilines is 2. The number of rotatable bonds is 7. The first kappa shape index (κ1) is 21.2. The monoisotopic (exact) mass is 436 g/mol. The van der Waals surface area contributed by atoms with E-state index in [1.165, 1.54) is 6.33 Å². The van der Waals surface area contributed by atoms with E-state index in [-0.39, 0.29) is 12.1 Å². The van der Waals surface area contributed by atoms with Crippen LogP contribution < -0.4 is 25.4 Å². The summed E-state index contributed by atoms with van der Waals surface area (Å²) in [6.45, 7) is 1.07. The summed E-state index contributed by atoms with van der Waals surface area (Å²) >= 11 is 0. The number of aliphatic imine (C=N–C) groups is 1. The number of carbonyl (C=O) groups excluding carboxylic acids is 1. The standard InChI is InChI=1S/C22H24N6O4/c1-30-18-10-16-17(11-19(18)31-2)25-13-26-20(16)23-9-8-15-12-24-22(32-15)28-21(29)27-14-6-4-3-5-7-14/h3-7,10-11,13,15H,8-9,12H2,1-2H3,(H,23,25,26)(H2,24,27,28,29). The second-order valence-corrected chi connectivity index (χ2v) is 6.99. The molecule has 1 unspecified atom stereocenters. The predicted octanol–water partition coefficient (Wildman–Crippen LogP) is 3.03. The molecule has 166 valence electrons. The highest BCUT2D eigenvalue weighted by molar-refractivity contribution is 6.00. The van der Waals surface area contributed by atoms with Crippen LogP contribution in [0.4, 0.5) is 16.3 Å². The Bertz CT molecular complexity index is 1120. The summed E-state index contributed by atoms with van der Waals surface area (Å²) < 4.78 is 16.4. The number of carbonyl (C=O) groups is 1. The van der Waals surface area contributed by atoms with Gasteiger partial charge in [0.15, 0.2) is 11.5 Å². The number of fused-ring (bicyclic) bond motifs is 1. The molecule has 0 bridgehead atoms. The molecule has 2 heterocycles. The van der Waals surface area contributed by atoms with Crippen molar-refractivity contribution in [1.29, 1.82) is 0 Å². The fourth-order valence-electron chi connectivity index (χ4n) is 3.29. The van der Waals surface area contributed by atoms with E-state index < -0.39 is 6.03 Å². The van der Waals surface area contributed by atoms with Crippen molar-refractivity contribution in [2.75, 3.05) is 37.9 Å². The quantitative estimate of drug-likeness (QED) is 0.521. The van der Waals surface area contributed by atoms with E-state index >= 15 is 0 Å². The number of benzene rings is 2. The molecule has 10 nitrogen and oxygen atoms in total. The van der Waals surface area contributed by atoms with Crippen molar-refractivity contribution < 1.29 is 19.0 Å². The summed E-state index contributed by atoms with van der Waals surface area (Å²) in [6.07, 6.45) is 2.03. The van der Waals surface area contributed by atoms with E-state index in [1.807, 2.05) is 30.3 Å². The molecule has 0 saturated heterocycles. The highest BCUT2D eigenvalue weighted by atomic mass is 16.5. The van der Waals surface area contributed by atoms with E-state index in [0.29, 0.717) is 42.5 Å². The van der Waals surface area contributed by atoms with Crippen LogP contribution in [0, 0.1) is 0 Å². The molecular formula is C22H24N6O4. The van der Waals surface area contributed by atoms with Crippen LogP contribution in [0.1, 0.15) is 6.42 Å². The average molecular weight is 436 g/mol. The van der Waals surface area contributed by atoms with Gasteiger partial charge in [-0.15, -0.1) is 0 Å². The van der Waals surface area contributed by atoms with Gasteiger partial charge in [-0.3, -0.25) is 5.32 Å². The molecular weight excluding hydrogens is 412 g/mol. The Kier molecular flexibility index (Phi) is 6.49. The molecule has 1 aliphatic rings. The number of nitrogens with one attached hydrogen (secondary N) is 3. The zero-order valence-corrected chi connectivity index (χ0v) is 17.8. The summed E-state index contributed by atoms with van der Waals surface area (Å²) in [5, 5.41) is 9.49.